The van der Waals surface area contributed by atoms with Crippen molar-refractivity contribution in [2.45, 2.75) is 24.2 Å². The molecule has 10 nitrogen and oxygen atoms in total. The van der Waals surface area contributed by atoms with E-state index in [0.29, 0.717) is 38.9 Å². The van der Waals surface area contributed by atoms with Crippen LogP contribution in [0.15, 0.2) is 103 Å². The number of phenolic OH excluding ortho intramolecular Hbond substituents is 1. The fourth-order valence-corrected chi connectivity index (χ4v) is 9.36. The van der Waals surface area contributed by atoms with Gasteiger partial charge in [-0.25, -0.2) is 0 Å². The van der Waals surface area contributed by atoms with Crippen LogP contribution in [0.5, 0.6) is 17.2 Å². The molecule has 12 heteroatoms. The Labute approximate surface area is 309 Å². The molecule has 2 aliphatic heterocycles. The van der Waals surface area contributed by atoms with Crippen LogP contribution in [0.3, 0.4) is 0 Å². The zero-order chi connectivity index (χ0) is 36.5. The normalized spacial score (nSPS) is 26.5. The van der Waals surface area contributed by atoms with E-state index >= 15 is 4.79 Å². The van der Waals surface area contributed by atoms with E-state index in [1.54, 1.807) is 72.8 Å². The zero-order valence-electron chi connectivity index (χ0n) is 28.1. The average molecular weight is 739 g/mol. The summed E-state index contributed by atoms with van der Waals surface area (Å²) in [5, 5.41) is 13.3. The van der Waals surface area contributed by atoms with Crippen molar-refractivity contribution in [2.75, 3.05) is 24.5 Å². The molecule has 0 spiro atoms. The Morgan fingerprint density at radius 3 is 2.19 bits per heavy atom. The first-order chi connectivity index (χ1) is 25.1. The highest BCUT2D eigenvalue weighted by Gasteiger charge is 2.70. The molecule has 6 atom stereocenters. The van der Waals surface area contributed by atoms with Crippen LogP contribution in [0.2, 0.25) is 10.0 Å². The van der Waals surface area contributed by atoms with E-state index in [4.69, 9.17) is 32.7 Å². The lowest BCUT2D eigenvalue weighted by Gasteiger charge is -2.50. The predicted octanol–water partition coefficient (Wildman–Crippen LogP) is 6.91. The van der Waals surface area contributed by atoms with E-state index in [0.717, 1.165) is 5.01 Å². The number of amides is 4. The first-order valence-electron chi connectivity index (χ1n) is 16.8. The molecule has 2 saturated heterocycles. The van der Waals surface area contributed by atoms with Gasteiger partial charge in [0.1, 0.15) is 17.2 Å². The lowest BCUT2D eigenvalue weighted by molar-refractivity contribution is -0.138. The Bertz CT molecular complexity index is 2180. The summed E-state index contributed by atoms with van der Waals surface area (Å²) in [6, 6.07) is 25.3. The fourth-order valence-electron chi connectivity index (χ4n) is 8.91. The summed E-state index contributed by atoms with van der Waals surface area (Å²) in [5.74, 6) is -5.00. The van der Waals surface area contributed by atoms with E-state index in [9.17, 15) is 19.5 Å². The third kappa shape index (κ3) is 4.92. The van der Waals surface area contributed by atoms with Gasteiger partial charge in [0.2, 0.25) is 11.8 Å². The number of nitrogens with one attached hydrogen (secondary N) is 1. The molecule has 1 saturated carbocycles. The number of nitrogens with zero attached hydrogens (tertiary/aromatic N) is 2. The second-order valence-corrected chi connectivity index (χ2v) is 14.3. The number of hydrogen-bond acceptors (Lipinski definition) is 8. The van der Waals surface area contributed by atoms with Crippen LogP contribution in [-0.4, -0.2) is 48.0 Å². The number of allylic oxidation sites excluding steroid dienone is 2. The number of anilines is 2. The van der Waals surface area contributed by atoms with Crippen LogP contribution in [0.1, 0.15) is 29.9 Å². The first-order valence-corrected chi connectivity index (χ1v) is 17.6. The quantitative estimate of drug-likeness (QED) is 0.155. The van der Waals surface area contributed by atoms with Crippen LogP contribution >= 0.6 is 23.2 Å². The molecule has 0 bridgehead atoms. The molecule has 4 aromatic carbocycles. The second kappa shape index (κ2) is 12.7. The number of phenols is 1. The number of rotatable bonds is 7. The summed E-state index contributed by atoms with van der Waals surface area (Å²) >= 11 is 12.7. The minimum atomic E-state index is -1.61. The highest BCUT2D eigenvalue weighted by molar-refractivity contribution is 6.36. The molecule has 2 aliphatic carbocycles. The van der Waals surface area contributed by atoms with E-state index in [1.165, 1.54) is 31.3 Å². The summed E-state index contributed by atoms with van der Waals surface area (Å²) < 4.78 is 10.9. The first kappa shape index (κ1) is 33.8. The van der Waals surface area contributed by atoms with Crippen LogP contribution in [0.25, 0.3) is 0 Å². The maximum Gasteiger partial charge on any atom is 0.260 e. The molecule has 0 radical (unpaired) electrons. The van der Waals surface area contributed by atoms with Gasteiger partial charge in [0.15, 0.2) is 0 Å². The topological polar surface area (TPSA) is 125 Å². The number of hydrazine groups is 1. The van der Waals surface area contributed by atoms with Crippen molar-refractivity contribution in [3.63, 3.8) is 0 Å². The maximum absolute atomic E-state index is 15.4. The standard InChI is InChI=1S/C40H33Cl2N3O7/c1-51-24-11-8-21(9-12-24)40-30(37(48)45(39(40)50)43-32-17-10-22(41)18-31(32)42)20-29-26(35(40)27-14-13-25(52-2)19-33(27)46)15-16-28-34(29)38(49)44(36(28)47)23-6-4-3-5-7-23/h3-15,17-19,28-30,34-35,43,46H,16,20H2,1-2H3/t28-,29+,30-,34-,35+,40+/m0/s1. The van der Waals surface area contributed by atoms with Gasteiger partial charge in [-0.1, -0.05) is 71.2 Å². The van der Waals surface area contributed by atoms with Gasteiger partial charge >= 0.3 is 0 Å². The molecule has 4 amide bonds. The Morgan fingerprint density at radius 2 is 1.52 bits per heavy atom. The van der Waals surface area contributed by atoms with Gasteiger partial charge in [0, 0.05) is 22.6 Å². The SMILES string of the molecule is COc1ccc([C@@]23C(=O)N(Nc4ccc(Cl)cc4Cl)C(=O)[C@@H]2C[C@@H]2C(=CC[C@@H]4C(=O)N(c5ccccc5)C(=O)[C@@H]42)[C@@H]3c2ccc(OC)cc2O)cc1. The highest BCUT2D eigenvalue weighted by Crippen LogP contribution is 2.65. The third-order valence-electron chi connectivity index (χ3n) is 11.1. The fraction of sp³-hybridized carbons (Fsp3) is 0.250. The number of methoxy groups -OCH3 is 2. The Kier molecular flexibility index (Phi) is 8.27. The average Bonchev–Trinajstić information content (AvgIpc) is 3.53. The van der Waals surface area contributed by atoms with Gasteiger partial charge in [-0.3, -0.25) is 29.5 Å². The smallest absolute Gasteiger partial charge is 0.260 e. The van der Waals surface area contributed by atoms with Crippen molar-refractivity contribution in [1.82, 2.24) is 5.01 Å². The van der Waals surface area contributed by atoms with Gasteiger partial charge in [0.25, 0.3) is 11.8 Å². The molecule has 3 fully saturated rings. The monoisotopic (exact) mass is 737 g/mol. The number of benzene rings is 4. The summed E-state index contributed by atoms with van der Waals surface area (Å²) in [6.45, 7) is 0. The molecule has 0 unspecified atom stereocenters. The molecule has 4 aliphatic rings. The molecule has 8 rings (SSSR count). The Morgan fingerprint density at radius 1 is 0.808 bits per heavy atom. The summed E-state index contributed by atoms with van der Waals surface area (Å²) in [5.41, 5.74) is 3.72. The summed E-state index contributed by atoms with van der Waals surface area (Å²) in [7, 11) is 3.02. The molecule has 264 valence electrons. The number of hydrogen-bond donors (Lipinski definition) is 2. The molecule has 52 heavy (non-hydrogen) atoms. The highest BCUT2D eigenvalue weighted by atomic mass is 35.5. The number of carbonyl (C=O) groups excluding carboxylic acids is 4. The summed E-state index contributed by atoms with van der Waals surface area (Å²) in [4.78, 5) is 59.9. The van der Waals surface area contributed by atoms with Gasteiger partial charge in [-0.05, 0) is 72.9 Å². The second-order valence-electron chi connectivity index (χ2n) is 13.5. The number of halogens is 2. The van der Waals surface area contributed by atoms with Crippen molar-refractivity contribution in [3.05, 3.63) is 124 Å². The Balaban J connectivity index is 1.35. The van der Waals surface area contributed by atoms with E-state index in [2.05, 4.69) is 5.43 Å². The van der Waals surface area contributed by atoms with Crippen LogP contribution in [-0.2, 0) is 24.6 Å². The van der Waals surface area contributed by atoms with E-state index in [1.807, 2.05) is 12.1 Å². The molecule has 0 aromatic heterocycles. The minimum Gasteiger partial charge on any atom is -0.508 e. The number of aromatic hydroxyl groups is 1. The molecular formula is C40H33Cl2N3O7. The number of ether oxygens (including phenoxy) is 2. The third-order valence-corrected chi connectivity index (χ3v) is 11.7. The van der Waals surface area contributed by atoms with Crippen molar-refractivity contribution in [3.8, 4) is 17.2 Å². The number of fused-ring (bicyclic) bond motifs is 4. The minimum absolute atomic E-state index is 0.0885. The summed E-state index contributed by atoms with van der Waals surface area (Å²) in [6.07, 6.45) is 2.27. The number of imide groups is 2. The zero-order valence-corrected chi connectivity index (χ0v) is 29.6. The molecular weight excluding hydrogens is 705 g/mol. The lowest BCUT2D eigenvalue weighted by Crippen LogP contribution is -2.53. The van der Waals surface area contributed by atoms with Gasteiger partial charge in [-0.15, -0.1) is 0 Å². The van der Waals surface area contributed by atoms with Gasteiger partial charge < -0.3 is 14.6 Å². The maximum atomic E-state index is 15.4. The van der Waals surface area contributed by atoms with Crippen LogP contribution < -0.4 is 19.8 Å². The number of para-hydroxylation sites is 1. The molecule has 2 heterocycles. The largest absolute Gasteiger partial charge is 0.508 e. The van der Waals surface area contributed by atoms with Crippen molar-refractivity contribution < 1.29 is 33.8 Å². The van der Waals surface area contributed by atoms with Crippen molar-refractivity contribution in [1.29, 1.82) is 0 Å². The predicted molar refractivity (Wildman–Crippen MR) is 194 cm³/mol. The van der Waals surface area contributed by atoms with Crippen LogP contribution in [0.4, 0.5) is 11.4 Å². The Hall–Kier alpha value is -5.32. The van der Waals surface area contributed by atoms with E-state index in [-0.39, 0.29) is 41.1 Å². The van der Waals surface area contributed by atoms with Gasteiger partial charge in [-0.2, -0.15) is 5.01 Å². The van der Waals surface area contributed by atoms with E-state index < -0.39 is 46.8 Å². The number of carbonyl (C=O) groups is 4. The van der Waals surface area contributed by atoms with Crippen molar-refractivity contribution >= 4 is 58.2 Å². The van der Waals surface area contributed by atoms with Crippen LogP contribution in [0, 0.1) is 23.7 Å². The molecule has 2 N–H and O–H groups in total. The lowest BCUT2D eigenvalue weighted by atomic mass is 9.49. The van der Waals surface area contributed by atoms with Gasteiger partial charge in [0.05, 0.1) is 53.8 Å². The van der Waals surface area contributed by atoms with Crippen molar-refractivity contribution in [2.24, 2.45) is 23.7 Å². The molecule has 4 aromatic rings.